The number of nitrogens with one attached hydrogen (secondary N) is 1. The number of epoxide rings is 2. The quantitative estimate of drug-likeness (QED) is 0.577. The number of para-hydroxylation sites is 1. The maximum Gasteiger partial charge on any atom is 0.258 e. The maximum atomic E-state index is 12.1. The Kier molecular flexibility index (Phi) is 12.9. The van der Waals surface area contributed by atoms with Crippen LogP contribution in [0.25, 0.3) is 0 Å². The summed E-state index contributed by atoms with van der Waals surface area (Å²) < 4.78 is 14.0. The van der Waals surface area contributed by atoms with Crippen molar-refractivity contribution < 1.29 is 23.8 Å². The summed E-state index contributed by atoms with van der Waals surface area (Å²) in [4.78, 5) is 23.8. The first-order valence-corrected chi connectivity index (χ1v) is 10.5. The van der Waals surface area contributed by atoms with E-state index in [1.165, 1.54) is 5.01 Å². The van der Waals surface area contributed by atoms with E-state index in [1.54, 1.807) is 12.1 Å². The molecule has 0 bridgehead atoms. The van der Waals surface area contributed by atoms with Crippen LogP contribution in [0.2, 0.25) is 0 Å². The van der Waals surface area contributed by atoms with Gasteiger partial charge in [-0.3, -0.25) is 15.0 Å². The average molecular weight is 409 g/mol. The van der Waals surface area contributed by atoms with Crippen molar-refractivity contribution in [3.05, 3.63) is 30.3 Å². The summed E-state index contributed by atoms with van der Waals surface area (Å²) in [5, 5.41) is 1.35. The van der Waals surface area contributed by atoms with Crippen LogP contribution in [0.5, 0.6) is 0 Å². The molecule has 0 aromatic heterocycles. The molecule has 2 atom stereocenters. The fraction of sp³-hybridized carbons (Fsp3) is 0.636. The number of amides is 2. The zero-order valence-electron chi connectivity index (χ0n) is 18.2. The average Bonchev–Trinajstić information content (AvgIpc) is 3.65. The zero-order chi connectivity index (χ0) is 21.5. The van der Waals surface area contributed by atoms with Crippen LogP contribution in [0.15, 0.2) is 30.3 Å². The highest BCUT2D eigenvalue weighted by molar-refractivity contribution is 6.14. The van der Waals surface area contributed by atoms with Gasteiger partial charge in [0.25, 0.3) is 11.8 Å². The van der Waals surface area contributed by atoms with E-state index in [2.05, 4.69) is 17.1 Å². The van der Waals surface area contributed by atoms with Crippen molar-refractivity contribution in [1.29, 1.82) is 0 Å². The van der Waals surface area contributed by atoms with Gasteiger partial charge in [-0.05, 0) is 39.3 Å². The molecule has 1 aromatic rings. The number of carbonyl (C=O) groups excluding carboxylic acids is 2. The summed E-state index contributed by atoms with van der Waals surface area (Å²) in [6.07, 6.45) is 3.10. The first kappa shape index (κ1) is 25.1. The van der Waals surface area contributed by atoms with Gasteiger partial charge < -0.3 is 14.2 Å². The molecule has 3 aliphatic rings. The van der Waals surface area contributed by atoms with Gasteiger partial charge in [0, 0.05) is 13.2 Å². The van der Waals surface area contributed by atoms with Crippen LogP contribution in [-0.2, 0) is 23.8 Å². The van der Waals surface area contributed by atoms with Gasteiger partial charge in [-0.1, -0.05) is 38.0 Å². The number of carbonyl (C=O) groups is 2. The summed E-state index contributed by atoms with van der Waals surface area (Å²) in [7, 11) is 0. The molecular weight excluding hydrogens is 372 g/mol. The van der Waals surface area contributed by atoms with Gasteiger partial charge in [-0.25, -0.2) is 5.01 Å². The topological polar surface area (TPSA) is 83.7 Å². The molecule has 1 N–H and O–H groups in total. The van der Waals surface area contributed by atoms with Crippen LogP contribution in [0.3, 0.4) is 0 Å². The summed E-state index contributed by atoms with van der Waals surface area (Å²) in [6.45, 7) is 12.8. The number of hydrogen-bond donors (Lipinski definition) is 1. The maximum absolute atomic E-state index is 12.1. The lowest BCUT2D eigenvalue weighted by Gasteiger charge is -2.14. The highest BCUT2D eigenvalue weighted by Crippen LogP contribution is 2.22. The second kappa shape index (κ2) is 15.0. The lowest BCUT2D eigenvalue weighted by Crippen LogP contribution is -2.35. The molecule has 0 spiro atoms. The second-order valence-electron chi connectivity index (χ2n) is 6.72. The minimum atomic E-state index is -0.518. The Morgan fingerprint density at radius 2 is 1.66 bits per heavy atom. The molecule has 3 saturated heterocycles. The van der Waals surface area contributed by atoms with E-state index < -0.39 is 5.92 Å². The lowest BCUT2D eigenvalue weighted by atomic mass is 10.0. The van der Waals surface area contributed by atoms with Crippen molar-refractivity contribution in [2.75, 3.05) is 38.0 Å². The number of hydrazine groups is 1. The Labute approximate surface area is 174 Å². The van der Waals surface area contributed by atoms with Crippen molar-refractivity contribution in [3.8, 4) is 0 Å². The monoisotopic (exact) mass is 408 g/mol. The van der Waals surface area contributed by atoms with Crippen molar-refractivity contribution >= 4 is 17.5 Å². The van der Waals surface area contributed by atoms with Gasteiger partial charge >= 0.3 is 0 Å². The molecule has 29 heavy (non-hydrogen) atoms. The molecule has 0 aliphatic carbocycles. The molecule has 3 heterocycles. The predicted octanol–water partition coefficient (Wildman–Crippen LogP) is 3.34. The van der Waals surface area contributed by atoms with Gasteiger partial charge in [0.2, 0.25) is 0 Å². The molecule has 0 radical (unpaired) electrons. The number of nitrogens with zero attached hydrogens (tertiary/aromatic N) is 1. The minimum Gasteiger partial charge on any atom is -0.382 e. The SMILES string of the molecule is C1CO1.CC1CO1.CCCCC1C(=O)NN(c2ccccc2)C1=O.CCOCC. The Hall–Kier alpha value is -1.96. The molecule has 1 aromatic carbocycles. The van der Waals surface area contributed by atoms with Gasteiger partial charge in [0.15, 0.2) is 0 Å². The van der Waals surface area contributed by atoms with Gasteiger partial charge in [0.1, 0.15) is 5.92 Å². The van der Waals surface area contributed by atoms with Crippen molar-refractivity contribution in [3.63, 3.8) is 0 Å². The number of hydrogen-bond acceptors (Lipinski definition) is 5. The molecule has 7 heteroatoms. The molecular formula is C22H36N2O5. The van der Waals surface area contributed by atoms with Gasteiger partial charge in [-0.2, -0.15) is 0 Å². The van der Waals surface area contributed by atoms with Crippen LogP contribution in [-0.4, -0.2) is 51.0 Å². The third-order valence-electron chi connectivity index (χ3n) is 4.03. The minimum absolute atomic E-state index is 0.144. The second-order valence-corrected chi connectivity index (χ2v) is 6.72. The standard InChI is InChI=1S/C13H16N2O2.C4H10O.C3H6O.C2H4O/c1-2-3-9-11-12(16)14-15(13(11)17)10-7-5-4-6-8-10;1-3-5-4-2;1-3-2-4-3;1-2-3-1/h4-8,11H,2-3,9H2,1H3,(H,14,16);3-4H2,1-2H3;3H,2H2,1H3;1-2H2. The van der Waals surface area contributed by atoms with E-state index in [0.29, 0.717) is 18.2 Å². The molecule has 3 aliphatic heterocycles. The number of benzene rings is 1. The molecule has 2 unspecified atom stereocenters. The lowest BCUT2D eigenvalue weighted by molar-refractivity contribution is -0.127. The third-order valence-corrected chi connectivity index (χ3v) is 4.03. The molecule has 4 rings (SSSR count). The Bertz CT molecular complexity index is 571. The highest BCUT2D eigenvalue weighted by atomic mass is 16.6. The fourth-order valence-corrected chi connectivity index (χ4v) is 2.24. The molecule has 7 nitrogen and oxygen atoms in total. The highest BCUT2D eigenvalue weighted by Gasteiger charge is 2.39. The van der Waals surface area contributed by atoms with E-state index in [9.17, 15) is 9.59 Å². The predicted molar refractivity (Wildman–Crippen MR) is 113 cm³/mol. The van der Waals surface area contributed by atoms with Crippen LogP contribution in [0, 0.1) is 5.92 Å². The Morgan fingerprint density at radius 1 is 1.10 bits per heavy atom. The largest absolute Gasteiger partial charge is 0.382 e. The third kappa shape index (κ3) is 11.6. The summed E-state index contributed by atoms with van der Waals surface area (Å²) in [6, 6.07) is 9.17. The first-order valence-electron chi connectivity index (χ1n) is 10.5. The Morgan fingerprint density at radius 3 is 2.03 bits per heavy atom. The van der Waals surface area contributed by atoms with Crippen molar-refractivity contribution in [2.24, 2.45) is 5.92 Å². The van der Waals surface area contributed by atoms with Crippen LogP contribution < -0.4 is 10.4 Å². The van der Waals surface area contributed by atoms with E-state index >= 15 is 0 Å². The summed E-state index contributed by atoms with van der Waals surface area (Å²) in [5.74, 6) is -0.850. The smallest absolute Gasteiger partial charge is 0.258 e. The summed E-state index contributed by atoms with van der Waals surface area (Å²) in [5.41, 5.74) is 3.34. The van der Waals surface area contributed by atoms with Crippen LogP contribution in [0.4, 0.5) is 5.69 Å². The van der Waals surface area contributed by atoms with Gasteiger partial charge in [0.05, 0.1) is 31.6 Å². The van der Waals surface area contributed by atoms with E-state index in [1.807, 2.05) is 39.0 Å². The van der Waals surface area contributed by atoms with Crippen LogP contribution in [0.1, 0.15) is 47.0 Å². The van der Waals surface area contributed by atoms with E-state index in [-0.39, 0.29) is 11.8 Å². The first-order chi connectivity index (χ1) is 14.0. The van der Waals surface area contributed by atoms with Gasteiger partial charge in [-0.15, -0.1) is 0 Å². The van der Waals surface area contributed by atoms with Crippen molar-refractivity contribution in [1.82, 2.24) is 5.43 Å². The van der Waals surface area contributed by atoms with E-state index in [4.69, 9.17) is 9.47 Å². The van der Waals surface area contributed by atoms with E-state index in [0.717, 1.165) is 45.9 Å². The molecule has 3 fully saturated rings. The normalized spacial score (nSPS) is 20.9. The number of rotatable bonds is 6. The Balaban J connectivity index is 0.000000282. The molecule has 2 amide bonds. The zero-order valence-corrected chi connectivity index (χ0v) is 18.2. The number of anilines is 1. The molecule has 164 valence electrons. The van der Waals surface area contributed by atoms with Crippen LogP contribution >= 0.6 is 0 Å². The number of ether oxygens (including phenoxy) is 3. The van der Waals surface area contributed by atoms with Crippen molar-refractivity contribution in [2.45, 2.75) is 53.1 Å². The summed E-state index contributed by atoms with van der Waals surface area (Å²) >= 11 is 0. The fourth-order valence-electron chi connectivity index (χ4n) is 2.24. The number of unbranched alkanes of at least 4 members (excludes halogenated alkanes) is 1. The molecule has 0 saturated carbocycles.